The number of nitrogens with one attached hydrogen (secondary N) is 1. The van der Waals surface area contributed by atoms with E-state index in [1.165, 1.54) is 24.3 Å². The summed E-state index contributed by atoms with van der Waals surface area (Å²) < 4.78 is 5.57. The number of hydrogen-bond donors (Lipinski definition) is 1. The maximum absolute atomic E-state index is 11.2. The second-order valence-corrected chi connectivity index (χ2v) is 5.70. The molecule has 0 saturated carbocycles. The van der Waals surface area contributed by atoms with E-state index in [-0.39, 0.29) is 32.3 Å². The Morgan fingerprint density at radius 1 is 1.15 bits per heavy atom. The summed E-state index contributed by atoms with van der Waals surface area (Å²) in [5.41, 5.74) is 1.19. The quantitative estimate of drug-likeness (QED) is 0.412. The topological polar surface area (TPSA) is 124 Å². The average molecular weight is 411 g/mol. The molecule has 0 unspecified atom stereocenters. The number of nitriles is 2. The van der Waals surface area contributed by atoms with E-state index in [9.17, 15) is 10.1 Å². The summed E-state index contributed by atoms with van der Waals surface area (Å²) in [4.78, 5) is 10.5. The number of anilines is 1. The molecule has 26 heavy (non-hydrogen) atoms. The van der Waals surface area contributed by atoms with Gasteiger partial charge in [0.1, 0.15) is 34.3 Å². The maximum Gasteiger partial charge on any atom is 0.295 e. The van der Waals surface area contributed by atoms with E-state index >= 15 is 0 Å². The van der Waals surface area contributed by atoms with Gasteiger partial charge in [-0.15, -0.1) is 0 Å². The lowest BCUT2D eigenvalue weighted by Crippen LogP contribution is -2.01. The number of benzene rings is 2. The zero-order valence-corrected chi connectivity index (χ0v) is 14.8. The first-order valence-corrected chi connectivity index (χ1v) is 7.74. The fourth-order valence-electron chi connectivity index (χ4n) is 1.73. The van der Waals surface area contributed by atoms with Gasteiger partial charge in [-0.05, 0) is 12.1 Å². The Morgan fingerprint density at radius 2 is 1.85 bits per heavy atom. The highest BCUT2D eigenvalue weighted by molar-refractivity contribution is 6.43. The van der Waals surface area contributed by atoms with Crippen molar-refractivity contribution in [2.75, 3.05) is 5.43 Å². The minimum atomic E-state index is -0.710. The van der Waals surface area contributed by atoms with Gasteiger partial charge in [0.2, 0.25) is 5.71 Å². The first-order valence-electron chi connectivity index (χ1n) is 6.61. The number of halogens is 3. The third kappa shape index (κ3) is 4.32. The van der Waals surface area contributed by atoms with Crippen LogP contribution in [-0.2, 0) is 0 Å². The minimum Gasteiger partial charge on any atom is -0.454 e. The van der Waals surface area contributed by atoms with Crippen molar-refractivity contribution < 1.29 is 9.66 Å². The minimum absolute atomic E-state index is 0.0228. The van der Waals surface area contributed by atoms with Gasteiger partial charge in [-0.2, -0.15) is 15.6 Å². The number of nitrogens with zero attached hydrogens (tertiary/aromatic N) is 4. The van der Waals surface area contributed by atoms with Crippen LogP contribution in [0.2, 0.25) is 15.1 Å². The molecule has 0 fully saturated rings. The molecule has 130 valence electrons. The Hall–Kier alpha value is -3.04. The Morgan fingerprint density at radius 3 is 2.46 bits per heavy atom. The summed E-state index contributed by atoms with van der Waals surface area (Å²) in [5, 5.41) is 32.3. The molecule has 0 aromatic heterocycles. The first kappa shape index (κ1) is 19.3. The van der Waals surface area contributed by atoms with Crippen LogP contribution in [0.1, 0.15) is 0 Å². The second kappa shape index (κ2) is 8.37. The molecule has 2 aromatic carbocycles. The zero-order chi connectivity index (χ0) is 19.3. The highest BCUT2D eigenvalue weighted by Gasteiger charge is 2.20. The lowest BCUT2D eigenvalue weighted by molar-refractivity contribution is -0.384. The van der Waals surface area contributed by atoms with E-state index in [1.54, 1.807) is 12.1 Å². The lowest BCUT2D eigenvalue weighted by atomic mass is 10.2. The summed E-state index contributed by atoms with van der Waals surface area (Å²) in [6.07, 6.45) is 0. The van der Waals surface area contributed by atoms with E-state index in [4.69, 9.17) is 50.1 Å². The van der Waals surface area contributed by atoms with Crippen LogP contribution in [0.3, 0.4) is 0 Å². The smallest absolute Gasteiger partial charge is 0.295 e. The highest BCUT2D eigenvalue weighted by atomic mass is 35.5. The van der Waals surface area contributed by atoms with Crippen molar-refractivity contribution in [3.63, 3.8) is 0 Å². The molecule has 0 radical (unpaired) electrons. The maximum atomic E-state index is 11.2. The van der Waals surface area contributed by atoms with Gasteiger partial charge in [-0.3, -0.25) is 15.5 Å². The number of hydrogen-bond acceptors (Lipinski definition) is 7. The molecule has 0 bridgehead atoms. The van der Waals surface area contributed by atoms with Gasteiger partial charge in [-0.1, -0.05) is 40.9 Å². The summed E-state index contributed by atoms with van der Waals surface area (Å²) in [6, 6.07) is 9.94. The predicted molar refractivity (Wildman–Crippen MR) is 96.9 cm³/mol. The third-order valence-corrected chi connectivity index (χ3v) is 3.98. The number of rotatable bonds is 5. The van der Waals surface area contributed by atoms with Crippen LogP contribution >= 0.6 is 34.8 Å². The van der Waals surface area contributed by atoms with Crippen LogP contribution in [0, 0.1) is 32.8 Å². The summed E-state index contributed by atoms with van der Waals surface area (Å²) in [5.74, 6) is 0.203. The van der Waals surface area contributed by atoms with E-state index in [0.29, 0.717) is 0 Å². The van der Waals surface area contributed by atoms with Crippen molar-refractivity contribution in [2.45, 2.75) is 0 Å². The van der Waals surface area contributed by atoms with Crippen molar-refractivity contribution in [1.82, 2.24) is 0 Å². The normalized spacial score (nSPS) is 9.58. The van der Waals surface area contributed by atoms with E-state index in [0.717, 1.165) is 6.07 Å². The first-order chi connectivity index (χ1) is 12.4. The Bertz CT molecular complexity index is 979. The standard InChI is InChI=1S/C15H6Cl3N5O3/c16-9-2-1-3-13(15(9)18)26-14-5-11(22-21-8(6-19)7-20)12(23(24)25)4-10(14)17/h1-5,22H. The van der Waals surface area contributed by atoms with Crippen LogP contribution in [0.4, 0.5) is 11.4 Å². The monoisotopic (exact) mass is 409 g/mol. The molecule has 0 atom stereocenters. The van der Waals surface area contributed by atoms with Gasteiger partial charge >= 0.3 is 0 Å². The third-order valence-electron chi connectivity index (χ3n) is 2.88. The molecule has 0 spiro atoms. The summed E-state index contributed by atoms with van der Waals surface area (Å²) in [7, 11) is 0. The van der Waals surface area contributed by atoms with Crippen LogP contribution in [0.5, 0.6) is 11.5 Å². The molecule has 0 aliphatic heterocycles. The molecule has 2 rings (SSSR count). The van der Waals surface area contributed by atoms with Crippen LogP contribution in [-0.4, -0.2) is 10.6 Å². The second-order valence-electron chi connectivity index (χ2n) is 4.51. The van der Waals surface area contributed by atoms with Crippen molar-refractivity contribution in [3.05, 3.63) is 55.5 Å². The van der Waals surface area contributed by atoms with Crippen LogP contribution < -0.4 is 10.2 Å². The molecule has 0 heterocycles. The predicted octanol–water partition coefficient (Wildman–Crippen LogP) is 5.16. The average Bonchev–Trinajstić information content (AvgIpc) is 2.61. The fourth-order valence-corrected chi connectivity index (χ4v) is 2.26. The van der Waals surface area contributed by atoms with Crippen molar-refractivity contribution in [1.29, 1.82) is 10.5 Å². The molecule has 8 nitrogen and oxygen atoms in total. The van der Waals surface area contributed by atoms with Gasteiger partial charge < -0.3 is 4.74 Å². The van der Waals surface area contributed by atoms with Gasteiger partial charge in [0.25, 0.3) is 5.69 Å². The van der Waals surface area contributed by atoms with E-state index < -0.39 is 16.3 Å². The van der Waals surface area contributed by atoms with Crippen molar-refractivity contribution in [2.24, 2.45) is 5.10 Å². The number of hydrazone groups is 1. The molecule has 0 aliphatic carbocycles. The zero-order valence-electron chi connectivity index (χ0n) is 12.5. The van der Waals surface area contributed by atoms with Gasteiger partial charge in [-0.25, -0.2) is 0 Å². The number of ether oxygens (including phenoxy) is 1. The molecule has 0 aliphatic rings. The molecule has 0 saturated heterocycles. The molecule has 0 amide bonds. The Kier molecular flexibility index (Phi) is 6.21. The molecular weight excluding hydrogens is 405 g/mol. The van der Waals surface area contributed by atoms with Gasteiger partial charge in [0.15, 0.2) is 0 Å². The molecule has 2 aromatic rings. The fraction of sp³-hybridized carbons (Fsp3) is 0. The largest absolute Gasteiger partial charge is 0.454 e. The van der Waals surface area contributed by atoms with Gasteiger partial charge in [0, 0.05) is 12.1 Å². The van der Waals surface area contributed by atoms with Crippen LogP contribution in [0.25, 0.3) is 0 Å². The number of nitro benzene ring substituents is 1. The van der Waals surface area contributed by atoms with E-state index in [2.05, 4.69) is 10.5 Å². The van der Waals surface area contributed by atoms with Crippen molar-refractivity contribution >= 4 is 51.9 Å². The Labute approximate surface area is 161 Å². The van der Waals surface area contributed by atoms with Gasteiger partial charge in [0.05, 0.1) is 15.0 Å². The van der Waals surface area contributed by atoms with Crippen molar-refractivity contribution in [3.8, 4) is 23.6 Å². The Balaban J connectivity index is 2.48. The number of nitro groups is 1. The van der Waals surface area contributed by atoms with E-state index in [1.807, 2.05) is 0 Å². The molecule has 1 N–H and O–H groups in total. The molecule has 11 heteroatoms. The summed E-state index contributed by atoms with van der Waals surface area (Å²) in [6.45, 7) is 0. The highest BCUT2D eigenvalue weighted by Crippen LogP contribution is 2.41. The van der Waals surface area contributed by atoms with Crippen LogP contribution in [0.15, 0.2) is 35.4 Å². The summed E-state index contributed by atoms with van der Waals surface area (Å²) >= 11 is 18.0. The SMILES string of the molecule is N#CC(C#N)=NNc1cc(Oc2cccc(Cl)c2Cl)c(Cl)cc1[N+](=O)[O-]. The lowest BCUT2D eigenvalue weighted by Gasteiger charge is -2.11. The molecular formula is C15H6Cl3N5O3.